The second kappa shape index (κ2) is 4.69. The maximum absolute atomic E-state index is 11.1. The fourth-order valence-corrected chi connectivity index (χ4v) is 3.46. The van der Waals surface area contributed by atoms with Gasteiger partial charge in [-0.1, -0.05) is 6.07 Å². The fraction of sp³-hybridized carbons (Fsp3) is 0.0667. The second-order valence-electron chi connectivity index (χ2n) is 4.99. The van der Waals surface area contributed by atoms with Gasteiger partial charge in [0.25, 0.3) is 0 Å². The number of hydrogen-bond acceptors (Lipinski definition) is 4. The van der Waals surface area contributed by atoms with Gasteiger partial charge in [-0.15, -0.1) is 11.3 Å². The second-order valence-corrected chi connectivity index (χ2v) is 6.05. The van der Waals surface area contributed by atoms with Crippen LogP contribution < -0.4 is 0 Å². The van der Waals surface area contributed by atoms with E-state index in [1.54, 1.807) is 6.07 Å². The molecule has 0 saturated carbocycles. The molecule has 0 spiro atoms. The molecule has 3 aromatic heterocycles. The molecule has 0 aliphatic carbocycles. The molecule has 110 valence electrons. The minimum Gasteiger partial charge on any atom is -0.477 e. The number of aromatic nitrogens is 3. The van der Waals surface area contributed by atoms with E-state index in [2.05, 4.69) is 15.2 Å². The lowest BCUT2D eigenvalue weighted by Gasteiger charge is -1.94. The van der Waals surface area contributed by atoms with Crippen molar-refractivity contribution in [3.8, 4) is 11.4 Å². The maximum Gasteiger partial charge on any atom is 0.345 e. The summed E-state index contributed by atoms with van der Waals surface area (Å²) in [5, 5.41) is 26.4. The Bertz CT molecular complexity index is 1010. The summed E-state index contributed by atoms with van der Waals surface area (Å²) >= 11 is 1.20. The molecular formula is C15H11N3O3S. The number of aliphatic hydroxyl groups excluding tert-OH is 1. The van der Waals surface area contributed by atoms with Crippen LogP contribution in [-0.2, 0) is 6.61 Å². The van der Waals surface area contributed by atoms with Gasteiger partial charge in [0.2, 0.25) is 0 Å². The Kier molecular flexibility index (Phi) is 2.78. The van der Waals surface area contributed by atoms with E-state index in [0.717, 1.165) is 26.9 Å². The number of carboxylic acids is 1. The summed E-state index contributed by atoms with van der Waals surface area (Å²) in [6.07, 6.45) is 0. The number of hydrogen-bond donors (Lipinski definition) is 4. The van der Waals surface area contributed by atoms with Gasteiger partial charge >= 0.3 is 5.97 Å². The number of aromatic amines is 2. The zero-order chi connectivity index (χ0) is 15.3. The van der Waals surface area contributed by atoms with E-state index in [9.17, 15) is 9.90 Å². The van der Waals surface area contributed by atoms with Crippen molar-refractivity contribution in [2.75, 3.05) is 0 Å². The van der Waals surface area contributed by atoms with Crippen molar-refractivity contribution in [2.24, 2.45) is 0 Å². The zero-order valence-corrected chi connectivity index (χ0v) is 12.1. The molecule has 4 rings (SSSR count). The molecule has 0 aliphatic heterocycles. The van der Waals surface area contributed by atoms with Gasteiger partial charge in [0, 0.05) is 10.9 Å². The van der Waals surface area contributed by atoms with Crippen LogP contribution in [0.15, 0.2) is 30.3 Å². The highest BCUT2D eigenvalue weighted by molar-refractivity contribution is 7.21. The topological polar surface area (TPSA) is 102 Å². The number of aromatic carboxylic acids is 1. The third kappa shape index (κ3) is 1.91. The average molecular weight is 313 g/mol. The third-order valence-electron chi connectivity index (χ3n) is 3.57. The molecule has 0 amide bonds. The minimum atomic E-state index is -0.940. The smallest absolute Gasteiger partial charge is 0.345 e. The van der Waals surface area contributed by atoms with Gasteiger partial charge in [-0.3, -0.25) is 5.10 Å². The highest BCUT2D eigenvalue weighted by atomic mass is 32.1. The molecule has 0 fully saturated rings. The SMILES string of the molecule is O=C(O)c1cc2[nH]nc(-c3cc4cc(CO)ccc4[nH]3)c2s1. The van der Waals surface area contributed by atoms with Crippen molar-refractivity contribution in [1.82, 2.24) is 15.2 Å². The first kappa shape index (κ1) is 13.1. The molecular weight excluding hydrogens is 302 g/mol. The molecule has 0 aliphatic rings. The minimum absolute atomic E-state index is 0.00397. The quantitative estimate of drug-likeness (QED) is 0.467. The number of nitrogens with zero attached hydrogens (tertiary/aromatic N) is 1. The fourth-order valence-electron chi connectivity index (χ4n) is 2.51. The van der Waals surface area contributed by atoms with Gasteiger partial charge in [-0.2, -0.15) is 5.10 Å². The molecule has 0 bridgehead atoms. The summed E-state index contributed by atoms with van der Waals surface area (Å²) in [4.78, 5) is 14.6. The standard InChI is InChI=1S/C15H11N3O3S/c19-6-7-1-2-9-8(3-7)4-10(16-9)13-14-11(17-18-13)5-12(22-14)15(20)21/h1-5,16,19H,6H2,(H,17,18)(H,20,21). The molecule has 0 atom stereocenters. The number of H-pyrrole nitrogens is 2. The first-order valence-electron chi connectivity index (χ1n) is 6.60. The van der Waals surface area contributed by atoms with Crippen molar-refractivity contribution >= 4 is 38.4 Å². The van der Waals surface area contributed by atoms with Crippen LogP contribution in [0.2, 0.25) is 0 Å². The summed E-state index contributed by atoms with van der Waals surface area (Å²) in [5.41, 5.74) is 4.02. The van der Waals surface area contributed by atoms with Crippen LogP contribution in [0.3, 0.4) is 0 Å². The van der Waals surface area contributed by atoms with Crippen LogP contribution >= 0.6 is 11.3 Å². The van der Waals surface area contributed by atoms with Gasteiger partial charge in [-0.05, 0) is 29.8 Å². The molecule has 0 unspecified atom stereocenters. The first-order valence-corrected chi connectivity index (χ1v) is 7.41. The molecule has 0 radical (unpaired) electrons. The van der Waals surface area contributed by atoms with Gasteiger partial charge in [0.1, 0.15) is 10.6 Å². The molecule has 7 heteroatoms. The zero-order valence-electron chi connectivity index (χ0n) is 11.3. The van der Waals surface area contributed by atoms with E-state index < -0.39 is 5.97 Å². The van der Waals surface area contributed by atoms with Crippen LogP contribution in [0, 0.1) is 0 Å². The Balaban J connectivity index is 1.88. The van der Waals surface area contributed by atoms with Gasteiger partial charge in [-0.25, -0.2) is 4.79 Å². The van der Waals surface area contributed by atoms with Gasteiger partial charge in [0.05, 0.1) is 22.5 Å². The van der Waals surface area contributed by atoms with Crippen LogP contribution in [0.4, 0.5) is 0 Å². The van der Waals surface area contributed by atoms with E-state index >= 15 is 0 Å². The maximum atomic E-state index is 11.1. The summed E-state index contributed by atoms with van der Waals surface area (Å²) in [6, 6.07) is 9.22. The number of thiophene rings is 1. The van der Waals surface area contributed by atoms with Crippen LogP contribution in [0.25, 0.3) is 32.5 Å². The van der Waals surface area contributed by atoms with Crippen molar-refractivity contribution < 1.29 is 15.0 Å². The normalized spacial score (nSPS) is 11.5. The predicted molar refractivity (Wildman–Crippen MR) is 84.1 cm³/mol. The summed E-state index contributed by atoms with van der Waals surface area (Å²) in [5.74, 6) is -0.940. The van der Waals surface area contributed by atoms with E-state index in [-0.39, 0.29) is 11.5 Å². The lowest BCUT2D eigenvalue weighted by atomic mass is 10.1. The van der Waals surface area contributed by atoms with Crippen molar-refractivity contribution in [3.63, 3.8) is 0 Å². The van der Waals surface area contributed by atoms with E-state index in [1.165, 1.54) is 11.3 Å². The molecule has 3 heterocycles. The molecule has 0 saturated heterocycles. The highest BCUT2D eigenvalue weighted by Crippen LogP contribution is 2.34. The number of nitrogens with one attached hydrogen (secondary N) is 2. The van der Waals surface area contributed by atoms with E-state index in [4.69, 9.17) is 5.11 Å². The van der Waals surface area contributed by atoms with Crippen LogP contribution in [-0.4, -0.2) is 31.4 Å². The Morgan fingerprint density at radius 1 is 1.23 bits per heavy atom. The summed E-state index contributed by atoms with van der Waals surface area (Å²) in [7, 11) is 0. The lowest BCUT2D eigenvalue weighted by Crippen LogP contribution is -1.90. The number of carbonyl (C=O) groups is 1. The number of carboxylic acid groups (broad SMARTS) is 1. The average Bonchev–Trinajstić information content (AvgIpc) is 3.18. The molecule has 4 aromatic rings. The van der Waals surface area contributed by atoms with Crippen LogP contribution in [0.5, 0.6) is 0 Å². The Hall–Kier alpha value is -2.64. The van der Waals surface area contributed by atoms with Gasteiger partial charge in [0.15, 0.2) is 0 Å². The predicted octanol–water partition coefficient (Wildman–Crippen LogP) is 2.96. The highest BCUT2D eigenvalue weighted by Gasteiger charge is 2.16. The summed E-state index contributed by atoms with van der Waals surface area (Å²) < 4.78 is 0.811. The third-order valence-corrected chi connectivity index (χ3v) is 4.70. The van der Waals surface area contributed by atoms with E-state index in [0.29, 0.717) is 11.2 Å². The summed E-state index contributed by atoms with van der Waals surface area (Å²) in [6.45, 7) is -0.00397. The number of aliphatic hydroxyl groups is 1. The Labute approximate surface area is 128 Å². The van der Waals surface area contributed by atoms with Crippen LogP contribution in [0.1, 0.15) is 15.2 Å². The van der Waals surface area contributed by atoms with Crippen molar-refractivity contribution in [2.45, 2.75) is 6.61 Å². The van der Waals surface area contributed by atoms with E-state index in [1.807, 2.05) is 24.3 Å². The molecule has 4 N–H and O–H groups in total. The number of benzene rings is 1. The molecule has 6 nitrogen and oxygen atoms in total. The molecule has 22 heavy (non-hydrogen) atoms. The Morgan fingerprint density at radius 3 is 2.86 bits per heavy atom. The molecule has 1 aromatic carbocycles. The number of fused-ring (bicyclic) bond motifs is 2. The number of rotatable bonds is 3. The first-order chi connectivity index (χ1) is 10.7. The van der Waals surface area contributed by atoms with Crippen molar-refractivity contribution in [3.05, 3.63) is 40.8 Å². The van der Waals surface area contributed by atoms with Gasteiger partial charge < -0.3 is 15.2 Å². The lowest BCUT2D eigenvalue weighted by molar-refractivity contribution is 0.0702. The monoisotopic (exact) mass is 313 g/mol. The largest absolute Gasteiger partial charge is 0.477 e. The Morgan fingerprint density at radius 2 is 2.09 bits per heavy atom. The van der Waals surface area contributed by atoms with Crippen molar-refractivity contribution in [1.29, 1.82) is 0 Å².